The number of halogens is 1. The summed E-state index contributed by atoms with van der Waals surface area (Å²) in [4.78, 5) is 1.31. The molecular formula is C15H24BrNOS. The Bertz CT molecular complexity index is 384. The van der Waals surface area contributed by atoms with Gasteiger partial charge in [0.2, 0.25) is 0 Å². The van der Waals surface area contributed by atoms with Gasteiger partial charge >= 0.3 is 0 Å². The van der Waals surface area contributed by atoms with E-state index in [0.29, 0.717) is 11.2 Å². The molecule has 1 atom stereocenters. The molecule has 1 rings (SSSR count). The fourth-order valence-electron chi connectivity index (χ4n) is 1.75. The van der Waals surface area contributed by atoms with Crippen LogP contribution in [0.25, 0.3) is 0 Å². The zero-order valence-electron chi connectivity index (χ0n) is 11.9. The number of benzene rings is 1. The van der Waals surface area contributed by atoms with E-state index < -0.39 is 0 Å². The molecule has 0 aliphatic carbocycles. The summed E-state index contributed by atoms with van der Waals surface area (Å²) in [5, 5.41) is 12.9. The minimum Gasteiger partial charge on any atom is -0.396 e. The first-order valence-electron chi connectivity index (χ1n) is 6.79. The van der Waals surface area contributed by atoms with Crippen LogP contribution in [0.5, 0.6) is 0 Å². The molecule has 0 saturated carbocycles. The summed E-state index contributed by atoms with van der Waals surface area (Å²) in [6.07, 6.45) is 0.833. The van der Waals surface area contributed by atoms with Gasteiger partial charge in [-0.15, -0.1) is 11.8 Å². The maximum atomic E-state index is 9.00. The Kier molecular flexibility index (Phi) is 8.07. The van der Waals surface area contributed by atoms with Crippen molar-refractivity contribution < 1.29 is 5.11 Å². The average Bonchev–Trinajstić information content (AvgIpc) is 2.32. The van der Waals surface area contributed by atoms with Gasteiger partial charge in [0.1, 0.15) is 0 Å². The number of aliphatic hydroxyl groups excluding tert-OH is 1. The van der Waals surface area contributed by atoms with Gasteiger partial charge in [0.05, 0.1) is 0 Å². The van der Waals surface area contributed by atoms with Gasteiger partial charge in [-0.3, -0.25) is 0 Å². The van der Waals surface area contributed by atoms with Crippen molar-refractivity contribution in [2.45, 2.75) is 43.9 Å². The van der Waals surface area contributed by atoms with E-state index in [1.165, 1.54) is 10.5 Å². The SMILES string of the molecule is CC(C)CNCc1cc(Br)ccc1SC(C)CCO. The quantitative estimate of drug-likeness (QED) is 0.697. The minimum atomic E-state index is 0.256. The molecule has 108 valence electrons. The number of hydrogen-bond acceptors (Lipinski definition) is 3. The van der Waals surface area contributed by atoms with Crippen LogP contribution in [0.3, 0.4) is 0 Å². The van der Waals surface area contributed by atoms with E-state index in [-0.39, 0.29) is 6.61 Å². The lowest BCUT2D eigenvalue weighted by Crippen LogP contribution is -2.19. The fraction of sp³-hybridized carbons (Fsp3) is 0.600. The molecule has 0 spiro atoms. The van der Waals surface area contributed by atoms with E-state index in [1.54, 1.807) is 0 Å². The van der Waals surface area contributed by atoms with E-state index in [0.717, 1.165) is 24.0 Å². The third kappa shape index (κ3) is 6.80. The Morgan fingerprint density at radius 3 is 2.68 bits per heavy atom. The normalized spacial score (nSPS) is 12.9. The van der Waals surface area contributed by atoms with Gasteiger partial charge in [-0.05, 0) is 42.6 Å². The zero-order valence-corrected chi connectivity index (χ0v) is 14.4. The van der Waals surface area contributed by atoms with Gasteiger partial charge in [-0.2, -0.15) is 0 Å². The molecule has 2 N–H and O–H groups in total. The van der Waals surface area contributed by atoms with Crippen LogP contribution < -0.4 is 5.32 Å². The number of aliphatic hydroxyl groups is 1. The first kappa shape index (κ1) is 17.0. The van der Waals surface area contributed by atoms with Crippen molar-refractivity contribution in [1.82, 2.24) is 5.32 Å². The van der Waals surface area contributed by atoms with Gasteiger partial charge in [0.15, 0.2) is 0 Å². The topological polar surface area (TPSA) is 32.3 Å². The molecule has 0 radical (unpaired) electrons. The van der Waals surface area contributed by atoms with E-state index in [1.807, 2.05) is 11.8 Å². The van der Waals surface area contributed by atoms with Crippen LogP contribution in [0, 0.1) is 5.92 Å². The second kappa shape index (κ2) is 9.01. The average molecular weight is 346 g/mol. The number of thioether (sulfide) groups is 1. The molecule has 0 aliphatic rings. The van der Waals surface area contributed by atoms with Gasteiger partial charge in [-0.1, -0.05) is 36.7 Å². The molecule has 19 heavy (non-hydrogen) atoms. The third-order valence-electron chi connectivity index (χ3n) is 2.75. The molecule has 0 heterocycles. The van der Waals surface area contributed by atoms with Crippen molar-refractivity contribution >= 4 is 27.7 Å². The second-order valence-electron chi connectivity index (χ2n) is 5.22. The molecule has 0 aliphatic heterocycles. The molecule has 0 saturated heterocycles. The van der Waals surface area contributed by atoms with Crippen molar-refractivity contribution in [2.24, 2.45) is 5.92 Å². The van der Waals surface area contributed by atoms with Crippen LogP contribution in [0.15, 0.2) is 27.6 Å². The summed E-state index contributed by atoms with van der Waals surface area (Å²) >= 11 is 5.38. The Morgan fingerprint density at radius 1 is 1.32 bits per heavy atom. The molecular weight excluding hydrogens is 322 g/mol. The van der Waals surface area contributed by atoms with E-state index in [9.17, 15) is 0 Å². The molecule has 0 bridgehead atoms. The van der Waals surface area contributed by atoms with Gasteiger partial charge < -0.3 is 10.4 Å². The molecule has 0 aromatic heterocycles. The van der Waals surface area contributed by atoms with E-state index in [4.69, 9.17) is 5.11 Å². The Labute approximate surface area is 129 Å². The molecule has 1 aromatic rings. The highest BCUT2D eigenvalue weighted by molar-refractivity contribution is 9.10. The lowest BCUT2D eigenvalue weighted by molar-refractivity contribution is 0.289. The van der Waals surface area contributed by atoms with E-state index >= 15 is 0 Å². The highest BCUT2D eigenvalue weighted by Gasteiger charge is 2.09. The number of nitrogens with one attached hydrogen (secondary N) is 1. The van der Waals surface area contributed by atoms with Crippen molar-refractivity contribution in [3.8, 4) is 0 Å². The summed E-state index contributed by atoms with van der Waals surface area (Å²) in [5.41, 5.74) is 1.32. The molecule has 2 nitrogen and oxygen atoms in total. The highest BCUT2D eigenvalue weighted by Crippen LogP contribution is 2.30. The van der Waals surface area contributed by atoms with Crippen molar-refractivity contribution in [1.29, 1.82) is 0 Å². The van der Waals surface area contributed by atoms with Crippen LogP contribution >= 0.6 is 27.7 Å². The fourth-order valence-corrected chi connectivity index (χ4v) is 3.25. The molecule has 0 amide bonds. The number of hydrogen-bond donors (Lipinski definition) is 2. The van der Waals surface area contributed by atoms with Gasteiger partial charge in [0.25, 0.3) is 0 Å². The van der Waals surface area contributed by atoms with Crippen LogP contribution in [-0.2, 0) is 6.54 Å². The summed E-state index contributed by atoms with van der Waals surface area (Å²) in [7, 11) is 0. The summed E-state index contributed by atoms with van der Waals surface area (Å²) in [6, 6.07) is 6.43. The second-order valence-corrected chi connectivity index (χ2v) is 7.61. The third-order valence-corrected chi connectivity index (χ3v) is 4.54. The number of rotatable bonds is 8. The van der Waals surface area contributed by atoms with Gasteiger partial charge in [-0.25, -0.2) is 0 Å². The van der Waals surface area contributed by atoms with Crippen LogP contribution in [0.4, 0.5) is 0 Å². The lowest BCUT2D eigenvalue weighted by atomic mass is 10.2. The maximum Gasteiger partial charge on any atom is 0.0441 e. The van der Waals surface area contributed by atoms with Crippen molar-refractivity contribution in [3.63, 3.8) is 0 Å². The summed E-state index contributed by atoms with van der Waals surface area (Å²) < 4.78 is 1.12. The molecule has 0 fully saturated rings. The van der Waals surface area contributed by atoms with Crippen molar-refractivity contribution in [3.05, 3.63) is 28.2 Å². The summed E-state index contributed by atoms with van der Waals surface area (Å²) in [5.74, 6) is 0.663. The predicted octanol–water partition coefficient (Wildman–Crippen LogP) is 4.06. The highest BCUT2D eigenvalue weighted by atomic mass is 79.9. The Balaban J connectivity index is 2.68. The summed E-state index contributed by atoms with van der Waals surface area (Å²) in [6.45, 7) is 8.77. The first-order chi connectivity index (χ1) is 9.02. The van der Waals surface area contributed by atoms with Gasteiger partial charge in [0, 0.05) is 27.8 Å². The minimum absolute atomic E-state index is 0.256. The standard InChI is InChI=1S/C15H24BrNOS/c1-11(2)9-17-10-13-8-14(16)4-5-15(13)19-12(3)6-7-18/h4-5,8,11-12,17-18H,6-7,9-10H2,1-3H3. The van der Waals surface area contributed by atoms with Crippen LogP contribution in [-0.4, -0.2) is 23.5 Å². The molecule has 1 unspecified atom stereocenters. The molecule has 4 heteroatoms. The monoisotopic (exact) mass is 345 g/mol. The lowest BCUT2D eigenvalue weighted by Gasteiger charge is -2.15. The Hall–Kier alpha value is -0.0300. The van der Waals surface area contributed by atoms with Crippen LogP contribution in [0.1, 0.15) is 32.8 Å². The first-order valence-corrected chi connectivity index (χ1v) is 8.46. The van der Waals surface area contributed by atoms with Crippen LogP contribution in [0.2, 0.25) is 0 Å². The largest absolute Gasteiger partial charge is 0.396 e. The smallest absolute Gasteiger partial charge is 0.0441 e. The van der Waals surface area contributed by atoms with E-state index in [2.05, 4.69) is 60.2 Å². The predicted molar refractivity (Wildman–Crippen MR) is 87.7 cm³/mol. The molecule has 1 aromatic carbocycles. The zero-order chi connectivity index (χ0) is 14.3. The van der Waals surface area contributed by atoms with Crippen molar-refractivity contribution in [2.75, 3.05) is 13.2 Å². The Morgan fingerprint density at radius 2 is 2.05 bits per heavy atom. The maximum absolute atomic E-state index is 9.00.